The molecule has 0 aliphatic rings. The number of fused-ring (bicyclic) bond motifs is 2. The van der Waals surface area contributed by atoms with E-state index in [1.165, 1.54) is 10.9 Å². The summed E-state index contributed by atoms with van der Waals surface area (Å²) in [5, 5.41) is 14.8. The van der Waals surface area contributed by atoms with Gasteiger partial charge in [-0.25, -0.2) is 4.98 Å². The van der Waals surface area contributed by atoms with Gasteiger partial charge in [0, 0.05) is 5.39 Å². The number of aromatic nitrogens is 2. The average Bonchev–Trinajstić information content (AvgIpc) is 3.27. The Morgan fingerprint density at radius 2 is 1.97 bits per heavy atom. The Bertz CT molecular complexity index is 1630. The summed E-state index contributed by atoms with van der Waals surface area (Å²) in [6.07, 6.45) is 1.49. The van der Waals surface area contributed by atoms with Crippen LogP contribution in [0.2, 0.25) is 5.02 Å². The molecule has 9 heteroatoms. The van der Waals surface area contributed by atoms with Crippen LogP contribution in [0.15, 0.2) is 85.5 Å². The number of nitrogens with zero attached hydrogens (tertiary/aromatic N) is 4. The van der Waals surface area contributed by atoms with Crippen LogP contribution in [-0.2, 0) is 0 Å². The highest BCUT2D eigenvalue weighted by Gasteiger charge is 2.16. The third kappa shape index (κ3) is 4.07. The van der Waals surface area contributed by atoms with E-state index in [-0.39, 0.29) is 18.0 Å². The van der Waals surface area contributed by atoms with Gasteiger partial charge in [0.25, 0.3) is 5.56 Å². The molecule has 3 aromatic carbocycles. The molecule has 166 valence electrons. The number of furan rings is 1. The summed E-state index contributed by atoms with van der Waals surface area (Å²) in [5.74, 6) is 1.05. The molecular weight excluding hydrogens is 520 g/mol. The van der Waals surface area contributed by atoms with Gasteiger partial charge in [0.05, 0.1) is 26.6 Å². The van der Waals surface area contributed by atoms with Crippen molar-refractivity contribution in [3.63, 3.8) is 0 Å². The molecule has 0 atom stereocenters. The lowest BCUT2D eigenvalue weighted by molar-refractivity contribution is 0.366. The monoisotopic (exact) mass is 532 g/mol. The number of para-hydroxylation sites is 2. The molecule has 0 amide bonds. The zero-order chi connectivity index (χ0) is 23.7. The molecule has 0 fully saturated rings. The third-order valence-corrected chi connectivity index (χ3v) is 5.89. The lowest BCUT2D eigenvalue weighted by atomic mass is 10.2. The number of halogens is 2. The molecule has 0 unspecified atom stereocenters. The van der Waals surface area contributed by atoms with Gasteiger partial charge in [-0.1, -0.05) is 41.9 Å². The van der Waals surface area contributed by atoms with E-state index in [1.807, 2.05) is 42.5 Å². The van der Waals surface area contributed by atoms with Crippen LogP contribution in [0.3, 0.4) is 0 Å². The number of ether oxygens (including phenoxy) is 1. The average molecular weight is 534 g/mol. The number of benzene rings is 3. The highest BCUT2D eigenvalue weighted by Crippen LogP contribution is 2.34. The molecule has 0 aliphatic carbocycles. The molecule has 34 heavy (non-hydrogen) atoms. The predicted molar refractivity (Wildman–Crippen MR) is 134 cm³/mol. The summed E-state index contributed by atoms with van der Waals surface area (Å²) in [7, 11) is 0. The summed E-state index contributed by atoms with van der Waals surface area (Å²) in [6.45, 7) is -0.134. The van der Waals surface area contributed by atoms with E-state index < -0.39 is 0 Å². The fraction of sp³-hybridized carbons (Fsp3) is 0.0400. The van der Waals surface area contributed by atoms with Crippen molar-refractivity contribution in [1.29, 1.82) is 5.26 Å². The molecule has 7 nitrogen and oxygen atoms in total. The molecule has 2 heterocycles. The van der Waals surface area contributed by atoms with Crippen LogP contribution in [0, 0.1) is 11.3 Å². The lowest BCUT2D eigenvalue weighted by Gasteiger charge is -2.09. The molecule has 0 bridgehead atoms. The molecule has 5 rings (SSSR count). The van der Waals surface area contributed by atoms with E-state index in [0.717, 1.165) is 5.39 Å². The van der Waals surface area contributed by atoms with E-state index >= 15 is 0 Å². The van der Waals surface area contributed by atoms with Crippen molar-refractivity contribution in [1.82, 2.24) is 9.66 Å². The molecule has 0 saturated heterocycles. The molecular formula is C25H14BrClN4O3. The van der Waals surface area contributed by atoms with Crippen LogP contribution >= 0.6 is 27.5 Å². The van der Waals surface area contributed by atoms with E-state index in [2.05, 4.69) is 26.0 Å². The minimum atomic E-state index is -0.337. The zero-order valence-electron chi connectivity index (χ0n) is 17.4. The summed E-state index contributed by atoms with van der Waals surface area (Å²) >= 11 is 9.71. The van der Waals surface area contributed by atoms with Crippen LogP contribution in [0.1, 0.15) is 5.56 Å². The number of rotatable bonds is 5. The largest absolute Gasteiger partial charge is 0.476 e. The first-order valence-corrected chi connectivity index (χ1v) is 11.3. The van der Waals surface area contributed by atoms with Crippen LogP contribution in [0.25, 0.3) is 33.5 Å². The highest BCUT2D eigenvalue weighted by atomic mass is 79.9. The van der Waals surface area contributed by atoms with Gasteiger partial charge in [-0.3, -0.25) is 4.79 Å². The Labute approximate surface area is 206 Å². The van der Waals surface area contributed by atoms with Gasteiger partial charge >= 0.3 is 0 Å². The number of hydrogen-bond donors (Lipinski definition) is 0. The number of hydrogen-bond acceptors (Lipinski definition) is 6. The van der Waals surface area contributed by atoms with Crippen molar-refractivity contribution >= 4 is 55.6 Å². The van der Waals surface area contributed by atoms with E-state index in [9.17, 15) is 4.79 Å². The second-order valence-corrected chi connectivity index (χ2v) is 8.48. The van der Waals surface area contributed by atoms with Gasteiger partial charge in [0.1, 0.15) is 11.7 Å². The maximum atomic E-state index is 13.3. The minimum Gasteiger partial charge on any atom is -0.476 e. The summed E-state index contributed by atoms with van der Waals surface area (Å²) in [4.78, 5) is 18.0. The maximum absolute atomic E-state index is 13.3. The van der Waals surface area contributed by atoms with Crippen molar-refractivity contribution in [2.45, 2.75) is 0 Å². The normalized spacial score (nSPS) is 11.3. The van der Waals surface area contributed by atoms with Gasteiger partial charge in [-0.05, 0) is 57.9 Å². The van der Waals surface area contributed by atoms with E-state index in [4.69, 9.17) is 26.0 Å². The fourth-order valence-corrected chi connectivity index (χ4v) is 4.49. The summed E-state index contributed by atoms with van der Waals surface area (Å²) in [6, 6.07) is 21.7. The first kappa shape index (κ1) is 21.9. The SMILES string of the molecule is N#CCOc1c(Cl)cc(C=Nn2c(-c3cc4ccccc4o3)nc3ccccc3c2=O)cc1Br. The van der Waals surface area contributed by atoms with Gasteiger partial charge < -0.3 is 9.15 Å². The van der Waals surface area contributed by atoms with E-state index in [0.29, 0.717) is 43.1 Å². The van der Waals surface area contributed by atoms with Gasteiger partial charge in [0.2, 0.25) is 5.82 Å². The Morgan fingerprint density at radius 1 is 1.18 bits per heavy atom. The maximum Gasteiger partial charge on any atom is 0.282 e. The van der Waals surface area contributed by atoms with Crippen LogP contribution < -0.4 is 10.3 Å². The van der Waals surface area contributed by atoms with Crippen molar-refractivity contribution in [3.05, 3.63) is 92.1 Å². The zero-order valence-corrected chi connectivity index (χ0v) is 19.7. The second kappa shape index (κ2) is 9.14. The second-order valence-electron chi connectivity index (χ2n) is 7.22. The molecule has 0 spiro atoms. The molecule has 0 saturated carbocycles. The predicted octanol–water partition coefficient (Wildman–Crippen LogP) is 6.01. The molecule has 5 aromatic rings. The third-order valence-electron chi connectivity index (χ3n) is 5.02. The van der Waals surface area contributed by atoms with E-state index in [1.54, 1.807) is 30.3 Å². The molecule has 0 radical (unpaired) electrons. The quantitative estimate of drug-likeness (QED) is 0.258. The fourth-order valence-electron chi connectivity index (χ4n) is 3.50. The van der Waals surface area contributed by atoms with Crippen molar-refractivity contribution in [2.24, 2.45) is 5.10 Å². The number of nitriles is 1. The van der Waals surface area contributed by atoms with Crippen LogP contribution in [0.4, 0.5) is 0 Å². The van der Waals surface area contributed by atoms with Gasteiger partial charge in [0.15, 0.2) is 18.1 Å². The Hall–Kier alpha value is -3.93. The molecule has 2 aromatic heterocycles. The van der Waals surface area contributed by atoms with Crippen LogP contribution in [0.5, 0.6) is 5.75 Å². The Kier molecular flexibility index (Phi) is 5.88. The van der Waals surface area contributed by atoms with Crippen molar-refractivity contribution < 1.29 is 9.15 Å². The summed E-state index contributed by atoms with van der Waals surface area (Å²) < 4.78 is 13.1. The van der Waals surface area contributed by atoms with Crippen LogP contribution in [-0.4, -0.2) is 22.5 Å². The topological polar surface area (TPSA) is 93.4 Å². The Balaban J connectivity index is 1.65. The molecule has 0 N–H and O–H groups in total. The Morgan fingerprint density at radius 3 is 2.76 bits per heavy atom. The standard InChI is InChI=1S/C25H14BrClN4O3/c26-18-11-15(12-19(27)23(18)33-10-9-28)14-29-31-24(22-13-16-5-1-4-8-21(16)34-22)30-20-7-3-2-6-17(20)25(31)32/h1-8,11-14H,10H2. The highest BCUT2D eigenvalue weighted by molar-refractivity contribution is 9.10. The smallest absolute Gasteiger partial charge is 0.282 e. The first-order valence-electron chi connectivity index (χ1n) is 10.1. The molecule has 0 aliphatic heterocycles. The van der Waals surface area contributed by atoms with Gasteiger partial charge in [-0.2, -0.15) is 15.0 Å². The lowest BCUT2D eigenvalue weighted by Crippen LogP contribution is -2.20. The summed E-state index contributed by atoms with van der Waals surface area (Å²) in [5.41, 5.74) is 1.49. The van der Waals surface area contributed by atoms with Gasteiger partial charge in [-0.15, -0.1) is 0 Å². The first-order chi connectivity index (χ1) is 16.5. The minimum absolute atomic E-state index is 0.134. The van der Waals surface area contributed by atoms with Crippen molar-refractivity contribution in [2.75, 3.05) is 6.61 Å². The van der Waals surface area contributed by atoms with Crippen molar-refractivity contribution in [3.8, 4) is 23.4 Å².